The maximum atomic E-state index is 12.5. The van der Waals surface area contributed by atoms with Crippen LogP contribution in [0, 0.1) is 0 Å². The molecule has 203 valence electrons. The van der Waals surface area contributed by atoms with Crippen LogP contribution in [0.25, 0.3) is 0 Å². The monoisotopic (exact) mass is 545 g/mol. The Morgan fingerprint density at radius 3 is 2.10 bits per heavy atom. The molecule has 1 aliphatic heterocycles. The molecule has 0 N–H and O–H groups in total. The molecule has 5 rings (SSSR count). The van der Waals surface area contributed by atoms with Crippen LogP contribution in [-0.4, -0.2) is 26.7 Å². The number of para-hydroxylation sites is 1. The Hall–Kier alpha value is -3.80. The van der Waals surface area contributed by atoms with Crippen LogP contribution in [0.15, 0.2) is 108 Å². The van der Waals surface area contributed by atoms with Crippen molar-refractivity contribution in [2.45, 2.75) is 59.1 Å². The number of amides is 1. The Bertz CT molecular complexity index is 1470. The summed E-state index contributed by atoms with van der Waals surface area (Å²) in [6, 6.07) is 35.8. The maximum absolute atomic E-state index is 12.5. The summed E-state index contributed by atoms with van der Waals surface area (Å²) in [5.74, 6) is 0.0547. The predicted octanol–water partition coefficient (Wildman–Crippen LogP) is 6.57. The van der Waals surface area contributed by atoms with E-state index in [0.29, 0.717) is 13.0 Å². The van der Waals surface area contributed by atoms with E-state index in [1.54, 1.807) is 6.92 Å². The first-order valence-electron chi connectivity index (χ1n) is 13.9. The van der Waals surface area contributed by atoms with Crippen molar-refractivity contribution in [3.8, 4) is 0 Å². The standard InChI is InChI=1S/C35H37N2O2Si/c1-25-22-33(31-18-12-13-19-34(31)37(25)26(2)38)36-32-21-20-28(35(3,4)5)23-27(32)24-39-40(29-14-8-6-9-15-29)30-16-10-7-11-17-30/h6-21,23,25H,22,24H2,1-5H3. The number of carbonyl (C=O) groups is 1. The van der Waals surface area contributed by atoms with E-state index in [0.717, 1.165) is 28.2 Å². The first kappa shape index (κ1) is 27.8. The Balaban J connectivity index is 1.55. The quantitative estimate of drug-likeness (QED) is 0.257. The van der Waals surface area contributed by atoms with Gasteiger partial charge in [-0.3, -0.25) is 9.79 Å². The molecule has 4 nitrogen and oxygen atoms in total. The van der Waals surface area contributed by atoms with Crippen molar-refractivity contribution >= 4 is 42.4 Å². The van der Waals surface area contributed by atoms with E-state index in [1.807, 2.05) is 35.2 Å². The Kier molecular flexibility index (Phi) is 8.15. The topological polar surface area (TPSA) is 41.9 Å². The summed E-state index contributed by atoms with van der Waals surface area (Å²) in [4.78, 5) is 19.6. The Labute approximate surface area is 240 Å². The van der Waals surface area contributed by atoms with Gasteiger partial charge in [0.15, 0.2) is 0 Å². The van der Waals surface area contributed by atoms with Crippen molar-refractivity contribution in [1.82, 2.24) is 0 Å². The van der Waals surface area contributed by atoms with E-state index in [-0.39, 0.29) is 17.4 Å². The molecule has 40 heavy (non-hydrogen) atoms. The fraction of sp³-hybridized carbons (Fsp3) is 0.257. The second kappa shape index (κ2) is 11.7. The van der Waals surface area contributed by atoms with Crippen LogP contribution in [0.4, 0.5) is 11.4 Å². The number of hydrogen-bond donors (Lipinski definition) is 0. The molecule has 0 saturated carbocycles. The van der Waals surface area contributed by atoms with Gasteiger partial charge in [-0.2, -0.15) is 0 Å². The molecule has 0 aliphatic carbocycles. The molecule has 0 saturated heterocycles. The zero-order chi connectivity index (χ0) is 28.3. The van der Waals surface area contributed by atoms with Crippen LogP contribution in [0.2, 0.25) is 0 Å². The van der Waals surface area contributed by atoms with Gasteiger partial charge in [-0.05, 0) is 40.4 Å². The first-order valence-corrected chi connectivity index (χ1v) is 15.3. The van der Waals surface area contributed by atoms with Crippen molar-refractivity contribution in [3.63, 3.8) is 0 Å². The second-order valence-electron chi connectivity index (χ2n) is 11.5. The van der Waals surface area contributed by atoms with Crippen LogP contribution in [0.5, 0.6) is 0 Å². The first-order chi connectivity index (χ1) is 19.2. The minimum atomic E-state index is -1.46. The molecular formula is C35H37N2O2Si. The molecule has 4 aromatic rings. The molecule has 1 atom stereocenters. The summed E-state index contributed by atoms with van der Waals surface area (Å²) in [6.45, 7) is 10.9. The van der Waals surface area contributed by atoms with E-state index in [4.69, 9.17) is 9.42 Å². The number of nitrogens with zero attached hydrogens (tertiary/aromatic N) is 2. The van der Waals surface area contributed by atoms with Gasteiger partial charge in [-0.15, -0.1) is 0 Å². The number of fused-ring (bicyclic) bond motifs is 1. The van der Waals surface area contributed by atoms with Gasteiger partial charge < -0.3 is 9.33 Å². The van der Waals surface area contributed by atoms with E-state index in [2.05, 4.69) is 100 Å². The molecule has 1 amide bonds. The highest BCUT2D eigenvalue weighted by Gasteiger charge is 2.30. The SMILES string of the molecule is CC(=O)N1c2ccccc2C(=Nc2ccc(C(C)(C)C)cc2CO[Si](c2ccccc2)c2ccccc2)CC1C. The summed E-state index contributed by atoms with van der Waals surface area (Å²) in [5, 5.41) is 2.44. The highest BCUT2D eigenvalue weighted by molar-refractivity contribution is 6.80. The maximum Gasteiger partial charge on any atom is 0.283 e. The van der Waals surface area contributed by atoms with Crippen LogP contribution < -0.4 is 15.3 Å². The van der Waals surface area contributed by atoms with Gasteiger partial charge in [0.1, 0.15) is 0 Å². The molecule has 1 aliphatic rings. The molecule has 0 bridgehead atoms. The normalized spacial score (nSPS) is 16.3. The van der Waals surface area contributed by atoms with Crippen molar-refractivity contribution < 1.29 is 9.22 Å². The zero-order valence-electron chi connectivity index (χ0n) is 24.0. The number of hydrogen-bond acceptors (Lipinski definition) is 3. The zero-order valence-corrected chi connectivity index (χ0v) is 25.0. The number of anilines is 1. The van der Waals surface area contributed by atoms with Gasteiger partial charge in [-0.1, -0.05) is 112 Å². The van der Waals surface area contributed by atoms with Crippen molar-refractivity contribution in [2.75, 3.05) is 4.90 Å². The van der Waals surface area contributed by atoms with Gasteiger partial charge >= 0.3 is 0 Å². The van der Waals surface area contributed by atoms with E-state index in [1.165, 1.54) is 15.9 Å². The van der Waals surface area contributed by atoms with Gasteiger partial charge in [0.2, 0.25) is 5.91 Å². The molecule has 0 spiro atoms. The summed E-state index contributed by atoms with van der Waals surface area (Å²) in [6.07, 6.45) is 0.695. The summed E-state index contributed by atoms with van der Waals surface area (Å²) >= 11 is 0. The lowest BCUT2D eigenvalue weighted by Gasteiger charge is -2.35. The number of carbonyl (C=O) groups excluding carboxylic acids is 1. The number of aliphatic imine (C=N–C) groups is 1. The van der Waals surface area contributed by atoms with E-state index in [9.17, 15) is 4.79 Å². The number of benzene rings is 4. The summed E-state index contributed by atoms with van der Waals surface area (Å²) < 4.78 is 6.82. The van der Waals surface area contributed by atoms with Crippen molar-refractivity contribution in [3.05, 3.63) is 120 Å². The van der Waals surface area contributed by atoms with Crippen LogP contribution in [-0.2, 0) is 21.2 Å². The van der Waals surface area contributed by atoms with Gasteiger partial charge in [0, 0.05) is 30.5 Å². The lowest BCUT2D eigenvalue weighted by molar-refractivity contribution is -0.117. The van der Waals surface area contributed by atoms with E-state index < -0.39 is 9.04 Å². The molecule has 0 aromatic heterocycles. The minimum absolute atomic E-state index is 0.000998. The number of rotatable bonds is 6. The third-order valence-electron chi connectivity index (χ3n) is 7.39. The molecule has 1 radical (unpaired) electrons. The fourth-order valence-corrected chi connectivity index (χ4v) is 7.27. The van der Waals surface area contributed by atoms with E-state index >= 15 is 0 Å². The van der Waals surface area contributed by atoms with Crippen LogP contribution in [0.3, 0.4) is 0 Å². The van der Waals surface area contributed by atoms with Crippen molar-refractivity contribution in [1.29, 1.82) is 0 Å². The molecule has 1 unspecified atom stereocenters. The Morgan fingerprint density at radius 1 is 0.900 bits per heavy atom. The van der Waals surface area contributed by atoms with Crippen LogP contribution >= 0.6 is 0 Å². The summed E-state index contributed by atoms with van der Waals surface area (Å²) in [7, 11) is -1.46. The lowest BCUT2D eigenvalue weighted by atomic mass is 9.86. The smallest absolute Gasteiger partial charge is 0.283 e. The summed E-state index contributed by atoms with van der Waals surface area (Å²) in [5.41, 5.74) is 6.19. The molecule has 1 heterocycles. The third-order valence-corrected chi connectivity index (χ3v) is 9.54. The predicted molar refractivity (Wildman–Crippen MR) is 168 cm³/mol. The van der Waals surface area contributed by atoms with Crippen LogP contribution in [0.1, 0.15) is 57.7 Å². The highest BCUT2D eigenvalue weighted by Crippen LogP contribution is 2.34. The average molecular weight is 546 g/mol. The minimum Gasteiger partial charge on any atom is -0.403 e. The molecule has 0 fully saturated rings. The lowest BCUT2D eigenvalue weighted by Crippen LogP contribution is -2.44. The largest absolute Gasteiger partial charge is 0.403 e. The fourth-order valence-electron chi connectivity index (χ4n) is 5.32. The highest BCUT2D eigenvalue weighted by atomic mass is 28.3. The second-order valence-corrected chi connectivity index (χ2v) is 13.6. The third kappa shape index (κ3) is 6.01. The molecule has 5 heteroatoms. The average Bonchev–Trinajstić information content (AvgIpc) is 2.94. The molecular weight excluding hydrogens is 508 g/mol. The van der Waals surface area contributed by atoms with Gasteiger partial charge in [0.25, 0.3) is 9.04 Å². The van der Waals surface area contributed by atoms with Gasteiger partial charge in [0.05, 0.1) is 23.7 Å². The molecule has 4 aromatic carbocycles. The van der Waals surface area contributed by atoms with Crippen molar-refractivity contribution in [2.24, 2.45) is 4.99 Å². The van der Waals surface area contributed by atoms with Gasteiger partial charge in [-0.25, -0.2) is 0 Å². The Morgan fingerprint density at radius 2 is 1.50 bits per heavy atom.